The highest BCUT2D eigenvalue weighted by molar-refractivity contribution is 7.93. The van der Waals surface area contributed by atoms with E-state index in [1.54, 1.807) is 41.5 Å². The van der Waals surface area contributed by atoms with E-state index in [-0.39, 0.29) is 74.6 Å². The number of amides is 4. The minimum absolute atomic E-state index is 0.0886. The number of nitrogens with one attached hydrogen (secondary N) is 2. The van der Waals surface area contributed by atoms with Crippen LogP contribution < -0.4 is 14.9 Å². The number of carbonyl (C=O) groups excluding carboxylic acids is 4. The number of sulfonamides is 1. The second-order valence-corrected chi connectivity index (χ2v) is 29.0. The lowest BCUT2D eigenvalue weighted by atomic mass is 9.93. The Morgan fingerprint density at radius 3 is 2.01 bits per heavy atom. The predicted octanol–water partition coefficient (Wildman–Crippen LogP) is 9.02. The molecule has 5 aromatic rings. The molecule has 2 N–H and O–H groups in total. The molecule has 8 rings (SSSR count). The molecule has 34 heteroatoms. The van der Waals surface area contributed by atoms with Crippen molar-refractivity contribution in [3.8, 4) is 23.0 Å². The molecule has 21 nitrogen and oxygen atoms in total. The van der Waals surface area contributed by atoms with Gasteiger partial charge in [0.25, 0.3) is 11.8 Å². The number of benzene rings is 2. The second-order valence-electron chi connectivity index (χ2n) is 24.2. The van der Waals surface area contributed by atoms with Crippen molar-refractivity contribution in [2.24, 2.45) is 10.9 Å². The molecule has 0 bridgehead atoms. The Kier molecular flexibility index (Phi) is 18.4. The normalized spacial score (nSPS) is 17.7. The Morgan fingerprint density at radius 1 is 0.833 bits per heavy atom. The van der Waals surface area contributed by atoms with E-state index in [4.69, 9.17) is 21.1 Å². The number of guanidine groups is 1. The summed E-state index contributed by atoms with van der Waals surface area (Å²) >= 11 is 6.81. The molecule has 2 aromatic carbocycles. The fourth-order valence-electron chi connectivity index (χ4n) is 10.2. The molecule has 0 unspecified atom stereocenters. The van der Waals surface area contributed by atoms with Crippen molar-refractivity contribution < 1.29 is 89.4 Å². The number of ether oxygens (including phenoxy) is 2. The van der Waals surface area contributed by atoms with Crippen molar-refractivity contribution in [1.29, 1.82) is 0 Å². The summed E-state index contributed by atoms with van der Waals surface area (Å²) in [5.41, 5.74) is -8.09. The third-order valence-electron chi connectivity index (χ3n) is 14.3. The third-order valence-corrected chi connectivity index (χ3v) is 17.6. The first-order valence-corrected chi connectivity index (χ1v) is 31.5. The number of carbonyl (C=O) groups is 4. The summed E-state index contributed by atoms with van der Waals surface area (Å²) in [4.78, 5) is 66.1. The van der Waals surface area contributed by atoms with Crippen molar-refractivity contribution in [3.05, 3.63) is 93.0 Å². The number of fused-ring (bicyclic) bond motifs is 4. The molecule has 90 heavy (non-hydrogen) atoms. The molecule has 1 saturated carbocycles. The van der Waals surface area contributed by atoms with E-state index in [9.17, 15) is 62.4 Å². The summed E-state index contributed by atoms with van der Waals surface area (Å²) in [6.07, 6.45) is -12.1. The standard InChI is InChI=1S/C56H60ClF10N11O10S2/c1-51(2,3)87-49(81)70-48(71-50(82)88-52(4,5)6)75-19-17-74(18-20-75)27-40(80)78(90(10,85)86)47-42-37(57)14-13-34(44(42)77(73-47)28-54(60,61)62)33-12-11-32(15-16-53(7,8)89(9,83)84)68-43(33)38(23-29-21-30(58)24-31(59)22-29)69-39(79)26-76-46-41(45(72-76)56(65,66)67)35-25-36(35)55(46,63)64/h11-14,21-22,24,35-36,38H,17-20,23,25-28H2,1-10H3,(H,69,79)(H,70,71,81,82)/t35-,36+,38-/m0/s1. The molecule has 4 heterocycles. The van der Waals surface area contributed by atoms with Crippen molar-refractivity contribution >= 4 is 78.1 Å². The van der Waals surface area contributed by atoms with Crippen LogP contribution in [0.3, 0.4) is 0 Å². The van der Waals surface area contributed by atoms with Gasteiger partial charge in [-0.2, -0.15) is 49.6 Å². The smallest absolute Gasteiger partial charge is 0.437 e. The number of pyridine rings is 1. The summed E-state index contributed by atoms with van der Waals surface area (Å²) in [6, 6.07) is 4.69. The maximum Gasteiger partial charge on any atom is 0.437 e. The van der Waals surface area contributed by atoms with E-state index in [0.29, 0.717) is 12.3 Å². The van der Waals surface area contributed by atoms with Gasteiger partial charge in [0.05, 0.1) is 40.5 Å². The fourth-order valence-corrected chi connectivity index (χ4v) is 11.5. The van der Waals surface area contributed by atoms with Crippen LogP contribution in [0.5, 0.6) is 0 Å². The molecule has 0 spiro atoms. The Labute approximate surface area is 514 Å². The molecule has 3 aliphatic rings. The number of nitrogens with zero attached hydrogens (tertiary/aromatic N) is 9. The second kappa shape index (κ2) is 24.2. The molecular weight excluding hydrogens is 1280 g/mol. The molecule has 2 fully saturated rings. The number of aromatic nitrogens is 5. The highest BCUT2D eigenvalue weighted by Gasteiger charge is 2.68. The highest BCUT2D eigenvalue weighted by Crippen LogP contribution is 2.68. The van der Waals surface area contributed by atoms with E-state index < -0.39 is 178 Å². The average Bonchev–Trinajstić information content (AvgIpc) is 1.52. The number of aliphatic imine (C=N–C) groups is 1. The molecule has 2 aliphatic carbocycles. The Balaban J connectivity index is 1.24. The number of halogens is 11. The van der Waals surface area contributed by atoms with E-state index >= 15 is 17.6 Å². The largest absolute Gasteiger partial charge is 0.444 e. The van der Waals surface area contributed by atoms with E-state index in [0.717, 1.165) is 42.7 Å². The number of anilines is 1. The van der Waals surface area contributed by atoms with Crippen LogP contribution in [0.15, 0.2) is 47.5 Å². The Bertz CT molecular complexity index is 4030. The number of hydrogen-bond donors (Lipinski definition) is 2. The lowest BCUT2D eigenvalue weighted by Crippen LogP contribution is -2.56. The van der Waals surface area contributed by atoms with Gasteiger partial charge in [-0.25, -0.2) is 40.2 Å². The third kappa shape index (κ3) is 15.6. The maximum absolute atomic E-state index is 15.8. The zero-order chi connectivity index (χ0) is 67.0. The van der Waals surface area contributed by atoms with Gasteiger partial charge in [0.1, 0.15) is 52.1 Å². The molecule has 3 atom stereocenters. The first-order chi connectivity index (χ1) is 41.2. The van der Waals surface area contributed by atoms with Gasteiger partial charge >= 0.3 is 24.5 Å². The van der Waals surface area contributed by atoms with Crippen LogP contribution >= 0.6 is 11.6 Å². The van der Waals surface area contributed by atoms with Crippen LogP contribution in [-0.4, -0.2) is 149 Å². The minimum atomic E-state index is -5.25. The lowest BCUT2D eigenvalue weighted by Gasteiger charge is -2.36. The van der Waals surface area contributed by atoms with Crippen molar-refractivity contribution in [2.75, 3.05) is 49.5 Å². The van der Waals surface area contributed by atoms with Gasteiger partial charge in [-0.1, -0.05) is 23.6 Å². The number of rotatable bonds is 13. The molecule has 3 aromatic heterocycles. The zero-order valence-corrected chi connectivity index (χ0v) is 52.1. The highest BCUT2D eigenvalue weighted by atomic mass is 35.5. The quantitative estimate of drug-likeness (QED) is 0.0483. The van der Waals surface area contributed by atoms with Crippen LogP contribution in [0, 0.1) is 29.4 Å². The Hall–Kier alpha value is -7.57. The summed E-state index contributed by atoms with van der Waals surface area (Å²) in [6.45, 7) is 7.45. The Morgan fingerprint density at radius 2 is 1.44 bits per heavy atom. The van der Waals surface area contributed by atoms with Crippen molar-refractivity contribution in [1.82, 2.24) is 45.0 Å². The van der Waals surface area contributed by atoms with Crippen LogP contribution in [-0.2, 0) is 70.5 Å². The van der Waals surface area contributed by atoms with Gasteiger partial charge in [0.2, 0.25) is 21.9 Å². The first-order valence-electron chi connectivity index (χ1n) is 27.3. The zero-order valence-electron chi connectivity index (χ0n) is 49.7. The van der Waals surface area contributed by atoms with Crippen LogP contribution in [0.25, 0.3) is 22.0 Å². The molecule has 488 valence electrons. The summed E-state index contributed by atoms with van der Waals surface area (Å²) in [5, 5.41) is 11.2. The molecule has 1 aliphatic heterocycles. The maximum atomic E-state index is 15.8. The van der Waals surface area contributed by atoms with Crippen LogP contribution in [0.2, 0.25) is 5.02 Å². The lowest BCUT2D eigenvalue weighted by molar-refractivity contribution is -0.143. The van der Waals surface area contributed by atoms with Gasteiger partial charge < -0.3 is 19.7 Å². The van der Waals surface area contributed by atoms with Gasteiger partial charge in [-0.15, -0.1) is 4.99 Å². The number of alkyl halides is 8. The van der Waals surface area contributed by atoms with Gasteiger partial charge in [0.15, 0.2) is 21.3 Å². The van der Waals surface area contributed by atoms with Crippen LogP contribution in [0.1, 0.15) is 108 Å². The minimum Gasteiger partial charge on any atom is -0.444 e. The average molecular weight is 1340 g/mol. The SMILES string of the molecule is CC(C)(C)OC(=O)/N=C(\NC(=O)OC(C)(C)C)N1CCN(CC(=O)N(c2nn(CC(F)(F)F)c3c(-c4ccc(C#CC(C)(C)S(C)(=O)=O)nc4[C@H](Cc4cc(F)cc(F)c4)NC(=O)Cn4nc(C(F)(F)F)c5c4C(F)(F)[C@@H]4C[C@H]54)ccc(Cl)c23)S(C)(=O)=O)CC1. The van der Waals surface area contributed by atoms with E-state index in [1.165, 1.54) is 23.6 Å². The van der Waals surface area contributed by atoms with Crippen molar-refractivity contribution in [3.63, 3.8) is 0 Å². The number of alkyl carbamates (subject to hydrolysis) is 1. The number of sulfone groups is 1. The van der Waals surface area contributed by atoms with E-state index in [2.05, 4.69) is 42.6 Å². The predicted molar refractivity (Wildman–Crippen MR) is 306 cm³/mol. The van der Waals surface area contributed by atoms with Gasteiger partial charge in [-0.3, -0.25) is 29.2 Å². The molecule has 0 radical (unpaired) electrons. The van der Waals surface area contributed by atoms with Gasteiger partial charge in [0, 0.05) is 61.1 Å². The molecular formula is C56H60ClF10N11O10S2. The number of piperazine rings is 1. The van der Waals surface area contributed by atoms with Gasteiger partial charge in [-0.05, 0) is 116 Å². The molecule has 4 amide bonds. The first kappa shape index (κ1) is 68.3. The monoisotopic (exact) mass is 1340 g/mol. The van der Waals surface area contributed by atoms with E-state index in [1.807, 2.05) is 0 Å². The summed E-state index contributed by atoms with van der Waals surface area (Å²) < 4.78 is 212. The van der Waals surface area contributed by atoms with Crippen LogP contribution in [0.4, 0.5) is 59.3 Å². The molecule has 1 saturated heterocycles. The fraction of sp³-hybridized carbons (Fsp3) is 0.500. The summed E-state index contributed by atoms with van der Waals surface area (Å²) in [7, 11) is -8.87. The topological polar surface area (TPSA) is 250 Å². The van der Waals surface area contributed by atoms with Crippen molar-refractivity contribution in [2.45, 2.75) is 128 Å². The summed E-state index contributed by atoms with van der Waals surface area (Å²) in [5.74, 6) is -7.73. The number of hydrogen-bond acceptors (Lipinski definition) is 14.